The van der Waals surface area contributed by atoms with Gasteiger partial charge >= 0.3 is 0 Å². The van der Waals surface area contributed by atoms with Gasteiger partial charge in [0.05, 0.1) is 11.1 Å². The molecule has 2 heterocycles. The van der Waals surface area contributed by atoms with Crippen molar-refractivity contribution >= 4 is 23.6 Å². The number of hydrogen-bond acceptors (Lipinski definition) is 4. The summed E-state index contributed by atoms with van der Waals surface area (Å²) in [6, 6.07) is 4.62. The van der Waals surface area contributed by atoms with Gasteiger partial charge in [-0.2, -0.15) is 0 Å². The van der Waals surface area contributed by atoms with Gasteiger partial charge < -0.3 is 10.2 Å². The van der Waals surface area contributed by atoms with E-state index in [9.17, 15) is 19.2 Å². The molecule has 0 atom stereocenters. The van der Waals surface area contributed by atoms with Gasteiger partial charge in [-0.05, 0) is 43.9 Å². The van der Waals surface area contributed by atoms with Gasteiger partial charge in [0.15, 0.2) is 0 Å². The number of fused-ring (bicyclic) bond motifs is 1. The number of nitrogens with zero attached hydrogens (tertiary/aromatic N) is 2. The largest absolute Gasteiger partial charge is 0.352 e. The third-order valence-corrected chi connectivity index (χ3v) is 6.20. The van der Waals surface area contributed by atoms with Gasteiger partial charge in [-0.1, -0.05) is 19.3 Å². The van der Waals surface area contributed by atoms with Gasteiger partial charge in [-0.15, -0.1) is 0 Å². The average molecular weight is 397 g/mol. The molecule has 4 amide bonds. The minimum Gasteiger partial charge on any atom is -0.352 e. The van der Waals surface area contributed by atoms with Gasteiger partial charge in [-0.3, -0.25) is 24.1 Å². The molecule has 1 aromatic rings. The summed E-state index contributed by atoms with van der Waals surface area (Å²) < 4.78 is 0. The lowest BCUT2D eigenvalue weighted by molar-refractivity contribution is -0.129. The lowest BCUT2D eigenvalue weighted by Crippen LogP contribution is -2.40. The lowest BCUT2D eigenvalue weighted by atomic mass is 9.94. The molecule has 2 aliphatic heterocycles. The van der Waals surface area contributed by atoms with Crippen molar-refractivity contribution in [3.05, 3.63) is 34.9 Å². The Kier molecular flexibility index (Phi) is 5.65. The van der Waals surface area contributed by atoms with Crippen LogP contribution in [0, 0.1) is 0 Å². The summed E-state index contributed by atoms with van der Waals surface area (Å²) in [5.41, 5.74) is 1.02. The quantitative estimate of drug-likeness (QED) is 0.773. The number of imide groups is 1. The van der Waals surface area contributed by atoms with Crippen LogP contribution in [0.3, 0.4) is 0 Å². The summed E-state index contributed by atoms with van der Waals surface area (Å²) in [7, 11) is 0. The van der Waals surface area contributed by atoms with Crippen LogP contribution in [0.2, 0.25) is 0 Å². The number of carbonyl (C=O) groups excluding carboxylic acids is 4. The first-order valence-electron chi connectivity index (χ1n) is 10.6. The maximum atomic E-state index is 12.9. The molecule has 29 heavy (non-hydrogen) atoms. The Hall–Kier alpha value is -2.70. The maximum absolute atomic E-state index is 12.9. The lowest BCUT2D eigenvalue weighted by Gasteiger charge is -2.29. The molecule has 7 heteroatoms. The summed E-state index contributed by atoms with van der Waals surface area (Å²) in [4.78, 5) is 53.3. The van der Waals surface area contributed by atoms with Crippen LogP contribution >= 0.6 is 0 Å². The standard InChI is InChI=1S/C22H27N3O4/c26-19(24-12-4-5-13-24)10-11-23-20(27)15-8-9-17-18(14-15)22(29)25(21(17)28)16-6-2-1-3-7-16/h8-9,14,16H,1-7,10-13H2,(H,23,27). The smallest absolute Gasteiger partial charge is 0.261 e. The molecular weight excluding hydrogens is 370 g/mol. The van der Waals surface area contributed by atoms with Crippen molar-refractivity contribution in [1.82, 2.24) is 15.1 Å². The second-order valence-corrected chi connectivity index (χ2v) is 8.13. The molecule has 1 saturated heterocycles. The molecule has 1 aromatic carbocycles. The number of nitrogens with one attached hydrogen (secondary N) is 1. The van der Waals surface area contributed by atoms with E-state index < -0.39 is 0 Å². The topological polar surface area (TPSA) is 86.8 Å². The fraction of sp³-hybridized carbons (Fsp3) is 0.545. The zero-order chi connectivity index (χ0) is 20.4. The summed E-state index contributed by atoms with van der Waals surface area (Å²) in [5.74, 6) is -0.824. The fourth-order valence-corrected chi connectivity index (χ4v) is 4.58. The van der Waals surface area contributed by atoms with Gasteiger partial charge in [0.25, 0.3) is 17.7 Å². The van der Waals surface area contributed by atoms with Gasteiger partial charge in [0.2, 0.25) is 5.91 Å². The minimum absolute atomic E-state index is 0.0370. The Morgan fingerprint density at radius 2 is 1.62 bits per heavy atom. The first-order valence-corrected chi connectivity index (χ1v) is 10.6. The molecule has 0 spiro atoms. The van der Waals surface area contributed by atoms with Crippen LogP contribution < -0.4 is 5.32 Å². The number of likely N-dealkylation sites (tertiary alicyclic amines) is 1. The van der Waals surface area contributed by atoms with E-state index in [0.29, 0.717) is 16.7 Å². The van der Waals surface area contributed by atoms with Crippen molar-refractivity contribution in [3.63, 3.8) is 0 Å². The third kappa shape index (κ3) is 3.91. The molecule has 1 saturated carbocycles. The van der Waals surface area contributed by atoms with Gasteiger partial charge in [0.1, 0.15) is 0 Å². The SMILES string of the molecule is O=C(NCCC(=O)N1CCCC1)c1ccc2c(c1)C(=O)N(C1CCCCC1)C2=O. The summed E-state index contributed by atoms with van der Waals surface area (Å²) in [5, 5.41) is 2.75. The first kappa shape index (κ1) is 19.6. The molecule has 0 radical (unpaired) electrons. The van der Waals surface area contributed by atoms with Crippen LogP contribution in [0.1, 0.15) is 82.4 Å². The van der Waals surface area contributed by atoms with Crippen molar-refractivity contribution in [3.8, 4) is 0 Å². The average Bonchev–Trinajstić information content (AvgIpc) is 3.36. The highest BCUT2D eigenvalue weighted by Gasteiger charge is 2.40. The summed E-state index contributed by atoms with van der Waals surface area (Å²) in [6.07, 6.45) is 7.25. The van der Waals surface area contributed by atoms with E-state index in [1.165, 1.54) is 11.0 Å². The number of amides is 4. The summed E-state index contributed by atoms with van der Waals surface area (Å²) in [6.45, 7) is 1.85. The number of benzene rings is 1. The Morgan fingerprint density at radius 1 is 0.931 bits per heavy atom. The highest BCUT2D eigenvalue weighted by molar-refractivity contribution is 6.22. The highest BCUT2D eigenvalue weighted by atomic mass is 16.2. The number of rotatable bonds is 5. The van der Waals surface area contributed by atoms with E-state index in [0.717, 1.165) is 58.0 Å². The number of hydrogen-bond donors (Lipinski definition) is 1. The Morgan fingerprint density at radius 3 is 2.34 bits per heavy atom. The normalized spacial score (nSPS) is 19.6. The molecular formula is C22H27N3O4. The first-order chi connectivity index (χ1) is 14.1. The molecule has 0 bridgehead atoms. The molecule has 2 fully saturated rings. The van der Waals surface area contributed by atoms with Crippen LogP contribution in [-0.4, -0.2) is 59.1 Å². The van der Waals surface area contributed by atoms with Crippen LogP contribution in [0.15, 0.2) is 18.2 Å². The van der Waals surface area contributed by atoms with E-state index in [-0.39, 0.29) is 42.6 Å². The van der Waals surface area contributed by atoms with Crippen molar-refractivity contribution in [2.24, 2.45) is 0 Å². The van der Waals surface area contributed by atoms with Gasteiger partial charge in [0, 0.05) is 37.7 Å². The van der Waals surface area contributed by atoms with Crippen molar-refractivity contribution in [2.45, 2.75) is 57.4 Å². The second kappa shape index (κ2) is 8.35. The summed E-state index contributed by atoms with van der Waals surface area (Å²) >= 11 is 0. The van der Waals surface area contributed by atoms with Crippen LogP contribution in [0.4, 0.5) is 0 Å². The van der Waals surface area contributed by atoms with Crippen molar-refractivity contribution in [1.29, 1.82) is 0 Å². The predicted octanol–water partition coefficient (Wildman–Crippen LogP) is 2.36. The zero-order valence-corrected chi connectivity index (χ0v) is 16.6. The molecule has 1 aliphatic carbocycles. The molecule has 154 valence electrons. The van der Waals surface area contributed by atoms with Crippen molar-refractivity contribution < 1.29 is 19.2 Å². The van der Waals surface area contributed by atoms with Gasteiger partial charge in [-0.25, -0.2) is 0 Å². The van der Waals surface area contributed by atoms with E-state index in [4.69, 9.17) is 0 Å². The predicted molar refractivity (Wildman–Crippen MR) is 107 cm³/mol. The molecule has 3 aliphatic rings. The number of carbonyl (C=O) groups is 4. The monoisotopic (exact) mass is 397 g/mol. The third-order valence-electron chi connectivity index (χ3n) is 6.20. The second-order valence-electron chi connectivity index (χ2n) is 8.13. The van der Waals surface area contributed by atoms with E-state index >= 15 is 0 Å². The van der Waals surface area contributed by atoms with Crippen molar-refractivity contribution in [2.75, 3.05) is 19.6 Å². The fourth-order valence-electron chi connectivity index (χ4n) is 4.58. The molecule has 0 unspecified atom stereocenters. The molecule has 4 rings (SSSR count). The maximum Gasteiger partial charge on any atom is 0.261 e. The molecule has 7 nitrogen and oxygen atoms in total. The Bertz CT molecular complexity index is 838. The molecule has 0 aromatic heterocycles. The zero-order valence-electron chi connectivity index (χ0n) is 16.6. The Labute approximate surface area is 170 Å². The van der Waals surface area contributed by atoms with E-state index in [1.807, 2.05) is 4.90 Å². The molecule has 1 N–H and O–H groups in total. The minimum atomic E-state index is -0.335. The van der Waals surface area contributed by atoms with Crippen LogP contribution in [0.5, 0.6) is 0 Å². The highest BCUT2D eigenvalue weighted by Crippen LogP contribution is 2.31. The van der Waals surface area contributed by atoms with Crippen LogP contribution in [-0.2, 0) is 4.79 Å². The van der Waals surface area contributed by atoms with E-state index in [2.05, 4.69) is 5.32 Å². The van der Waals surface area contributed by atoms with Crippen LogP contribution in [0.25, 0.3) is 0 Å². The Balaban J connectivity index is 1.39. The van der Waals surface area contributed by atoms with E-state index in [1.54, 1.807) is 12.1 Å².